The zero-order valence-corrected chi connectivity index (χ0v) is 17.3. The number of ether oxygens (including phenoxy) is 2. The van der Waals surface area contributed by atoms with Gasteiger partial charge in [0.15, 0.2) is 5.82 Å². The monoisotopic (exact) mass is 407 g/mol. The number of fused-ring (bicyclic) bond motifs is 1. The lowest BCUT2D eigenvalue weighted by molar-refractivity contribution is 0.271. The summed E-state index contributed by atoms with van der Waals surface area (Å²) in [5, 5.41) is 4.40. The van der Waals surface area contributed by atoms with E-state index in [2.05, 4.69) is 23.9 Å². The van der Waals surface area contributed by atoms with Gasteiger partial charge in [-0.2, -0.15) is 9.50 Å². The van der Waals surface area contributed by atoms with Crippen molar-refractivity contribution >= 4 is 22.4 Å². The fourth-order valence-corrected chi connectivity index (χ4v) is 3.68. The Kier molecular flexibility index (Phi) is 5.31. The molecule has 0 fully saturated rings. The highest BCUT2D eigenvalue weighted by atomic mass is 32.1. The molecular weight excluding hydrogens is 386 g/mol. The smallest absolute Gasteiger partial charge is 0.291 e. The van der Waals surface area contributed by atoms with Gasteiger partial charge in [-0.1, -0.05) is 37.3 Å². The average molecular weight is 407 g/mol. The predicted octanol–water partition coefficient (Wildman–Crippen LogP) is 3.41. The van der Waals surface area contributed by atoms with Crippen LogP contribution in [0.25, 0.3) is 22.4 Å². The van der Waals surface area contributed by atoms with Crippen molar-refractivity contribution in [1.82, 2.24) is 14.6 Å². The van der Waals surface area contributed by atoms with Gasteiger partial charge in [0.2, 0.25) is 4.96 Å². The van der Waals surface area contributed by atoms with Gasteiger partial charge in [0.1, 0.15) is 11.5 Å². The molecule has 0 N–H and O–H groups in total. The third-order valence-electron chi connectivity index (χ3n) is 4.29. The van der Waals surface area contributed by atoms with Crippen LogP contribution in [0.2, 0.25) is 0 Å². The van der Waals surface area contributed by atoms with E-state index in [9.17, 15) is 4.79 Å². The zero-order valence-electron chi connectivity index (χ0n) is 16.5. The standard InChI is InChI=1S/C22H21N3O3S/c1-14(2)13-28-18-10-6-16(7-11-18)20-23-22-25(24-20)21(26)19(29-22)12-15-4-8-17(27-3)9-5-15/h4-12,14H,13H2,1-3H3. The Morgan fingerprint density at radius 3 is 2.38 bits per heavy atom. The molecule has 6 nitrogen and oxygen atoms in total. The highest BCUT2D eigenvalue weighted by Crippen LogP contribution is 2.21. The fraction of sp³-hybridized carbons (Fsp3) is 0.227. The molecule has 2 heterocycles. The molecule has 29 heavy (non-hydrogen) atoms. The number of thiazole rings is 1. The molecule has 2 aromatic heterocycles. The average Bonchev–Trinajstić information content (AvgIpc) is 3.27. The molecule has 0 unspecified atom stereocenters. The number of nitrogens with zero attached hydrogens (tertiary/aromatic N) is 3. The van der Waals surface area contributed by atoms with E-state index >= 15 is 0 Å². The van der Waals surface area contributed by atoms with E-state index in [0.29, 0.717) is 27.8 Å². The van der Waals surface area contributed by atoms with Crippen molar-refractivity contribution in [3.63, 3.8) is 0 Å². The van der Waals surface area contributed by atoms with E-state index in [4.69, 9.17) is 9.47 Å². The Hall–Kier alpha value is -3.19. The van der Waals surface area contributed by atoms with E-state index in [1.807, 2.05) is 54.6 Å². The van der Waals surface area contributed by atoms with Crippen LogP contribution >= 0.6 is 11.3 Å². The maximum absolute atomic E-state index is 12.7. The summed E-state index contributed by atoms with van der Waals surface area (Å²) in [5.74, 6) is 2.58. The van der Waals surface area contributed by atoms with E-state index in [0.717, 1.165) is 22.6 Å². The van der Waals surface area contributed by atoms with Gasteiger partial charge in [-0.15, -0.1) is 5.10 Å². The van der Waals surface area contributed by atoms with E-state index < -0.39 is 0 Å². The van der Waals surface area contributed by atoms with Crippen molar-refractivity contribution in [3.8, 4) is 22.9 Å². The molecule has 7 heteroatoms. The van der Waals surface area contributed by atoms with Crippen molar-refractivity contribution in [2.24, 2.45) is 5.92 Å². The van der Waals surface area contributed by atoms with Crippen LogP contribution in [0.1, 0.15) is 19.4 Å². The third kappa shape index (κ3) is 4.14. The number of hydrogen-bond acceptors (Lipinski definition) is 6. The van der Waals surface area contributed by atoms with E-state index in [1.54, 1.807) is 7.11 Å². The lowest BCUT2D eigenvalue weighted by Gasteiger charge is -2.08. The Morgan fingerprint density at radius 1 is 1.07 bits per heavy atom. The maximum Gasteiger partial charge on any atom is 0.291 e. The molecule has 4 rings (SSSR count). The summed E-state index contributed by atoms with van der Waals surface area (Å²) >= 11 is 1.32. The van der Waals surface area contributed by atoms with Crippen LogP contribution in [0.15, 0.2) is 53.3 Å². The summed E-state index contributed by atoms with van der Waals surface area (Å²) in [6.07, 6.45) is 1.84. The third-order valence-corrected chi connectivity index (χ3v) is 5.25. The van der Waals surface area contributed by atoms with Crippen LogP contribution in [0.3, 0.4) is 0 Å². The van der Waals surface area contributed by atoms with Crippen LogP contribution < -0.4 is 19.6 Å². The van der Waals surface area contributed by atoms with Gasteiger partial charge < -0.3 is 9.47 Å². The Morgan fingerprint density at radius 2 is 1.76 bits per heavy atom. The van der Waals surface area contributed by atoms with Crippen LogP contribution in [0.4, 0.5) is 0 Å². The molecule has 0 bridgehead atoms. The summed E-state index contributed by atoms with van der Waals surface area (Å²) in [7, 11) is 1.62. The molecule has 148 valence electrons. The molecule has 2 aromatic carbocycles. The second-order valence-corrected chi connectivity index (χ2v) is 8.06. The maximum atomic E-state index is 12.7. The van der Waals surface area contributed by atoms with Crippen LogP contribution in [0, 0.1) is 5.92 Å². The lowest BCUT2D eigenvalue weighted by Crippen LogP contribution is -2.23. The van der Waals surface area contributed by atoms with Crippen LogP contribution in [0.5, 0.6) is 11.5 Å². The first kappa shape index (κ1) is 19.1. The molecule has 0 saturated carbocycles. The number of rotatable bonds is 6. The SMILES string of the molecule is COc1ccc(C=c2sc3nc(-c4ccc(OCC(C)C)cc4)nn3c2=O)cc1. The topological polar surface area (TPSA) is 65.7 Å². The quantitative estimate of drug-likeness (QED) is 0.490. The fourth-order valence-electron chi connectivity index (χ4n) is 2.77. The molecule has 0 aliphatic rings. The summed E-state index contributed by atoms with van der Waals surface area (Å²) in [6.45, 7) is 4.89. The first-order valence-electron chi connectivity index (χ1n) is 9.32. The molecule has 0 aliphatic heterocycles. The molecule has 0 radical (unpaired) electrons. The number of benzene rings is 2. The van der Waals surface area contributed by atoms with Gasteiger partial charge in [0.25, 0.3) is 5.56 Å². The van der Waals surface area contributed by atoms with Crippen molar-refractivity contribution in [1.29, 1.82) is 0 Å². The minimum Gasteiger partial charge on any atom is -0.497 e. The molecule has 0 aliphatic carbocycles. The second kappa shape index (κ2) is 8.05. The van der Waals surface area contributed by atoms with Crippen molar-refractivity contribution in [2.45, 2.75) is 13.8 Å². The predicted molar refractivity (Wildman–Crippen MR) is 115 cm³/mol. The van der Waals surface area contributed by atoms with E-state index in [1.165, 1.54) is 15.9 Å². The van der Waals surface area contributed by atoms with Gasteiger partial charge in [-0.25, -0.2) is 0 Å². The highest BCUT2D eigenvalue weighted by molar-refractivity contribution is 7.15. The normalized spacial score (nSPS) is 12.1. The first-order valence-corrected chi connectivity index (χ1v) is 10.1. The largest absolute Gasteiger partial charge is 0.497 e. The van der Waals surface area contributed by atoms with Crippen molar-refractivity contribution < 1.29 is 9.47 Å². The van der Waals surface area contributed by atoms with Crippen LogP contribution in [-0.4, -0.2) is 28.3 Å². The van der Waals surface area contributed by atoms with Crippen LogP contribution in [-0.2, 0) is 0 Å². The number of methoxy groups -OCH3 is 1. The Balaban J connectivity index is 1.61. The zero-order chi connectivity index (χ0) is 20.4. The molecule has 0 amide bonds. The summed E-state index contributed by atoms with van der Waals surface area (Å²) in [4.78, 5) is 17.8. The highest BCUT2D eigenvalue weighted by Gasteiger charge is 2.12. The summed E-state index contributed by atoms with van der Waals surface area (Å²) in [6, 6.07) is 15.1. The number of aromatic nitrogens is 3. The van der Waals surface area contributed by atoms with Gasteiger partial charge in [0.05, 0.1) is 18.2 Å². The number of hydrogen-bond donors (Lipinski definition) is 0. The van der Waals surface area contributed by atoms with E-state index in [-0.39, 0.29) is 5.56 Å². The summed E-state index contributed by atoms with van der Waals surface area (Å²) < 4.78 is 12.8. The molecule has 0 atom stereocenters. The van der Waals surface area contributed by atoms with Gasteiger partial charge in [-0.3, -0.25) is 4.79 Å². The van der Waals surface area contributed by atoms with Gasteiger partial charge in [0, 0.05) is 5.56 Å². The Bertz CT molecular complexity index is 1230. The first-order chi connectivity index (χ1) is 14.0. The van der Waals surface area contributed by atoms with Crippen molar-refractivity contribution in [2.75, 3.05) is 13.7 Å². The molecular formula is C22H21N3O3S. The lowest BCUT2D eigenvalue weighted by atomic mass is 10.2. The molecule has 0 saturated heterocycles. The Labute approximate surface area is 172 Å². The molecule has 0 spiro atoms. The second-order valence-electron chi connectivity index (χ2n) is 7.05. The van der Waals surface area contributed by atoms with Crippen molar-refractivity contribution in [3.05, 3.63) is 69.0 Å². The minimum absolute atomic E-state index is 0.170. The van der Waals surface area contributed by atoms with Gasteiger partial charge in [-0.05, 0) is 54.0 Å². The van der Waals surface area contributed by atoms with Gasteiger partial charge >= 0.3 is 0 Å². The molecule has 4 aromatic rings. The minimum atomic E-state index is -0.170. The summed E-state index contributed by atoms with van der Waals surface area (Å²) in [5.41, 5.74) is 1.60.